The highest BCUT2D eigenvalue weighted by molar-refractivity contribution is 7.71. The molecule has 2 rings (SSSR count). The summed E-state index contributed by atoms with van der Waals surface area (Å²) in [7, 11) is 1.97. The fourth-order valence-electron chi connectivity index (χ4n) is 2.40. The fourth-order valence-corrected chi connectivity index (χ4v) is 2.53. The lowest BCUT2D eigenvalue weighted by Crippen LogP contribution is -2.36. The van der Waals surface area contributed by atoms with Crippen LogP contribution >= 0.6 is 12.2 Å². The Labute approximate surface area is 95.3 Å². The normalized spacial score (nSPS) is 26.2. The maximum atomic E-state index is 5.14. The molecule has 1 aromatic rings. The second-order valence-electron chi connectivity index (χ2n) is 4.28. The van der Waals surface area contributed by atoms with Crippen LogP contribution in [-0.2, 0) is 7.05 Å². The monoisotopic (exact) mass is 226 g/mol. The van der Waals surface area contributed by atoms with Crippen molar-refractivity contribution in [2.75, 3.05) is 4.90 Å². The molecule has 1 aromatic heterocycles. The van der Waals surface area contributed by atoms with Crippen LogP contribution in [0.5, 0.6) is 0 Å². The second-order valence-corrected chi connectivity index (χ2v) is 4.67. The molecule has 15 heavy (non-hydrogen) atoms. The van der Waals surface area contributed by atoms with Gasteiger partial charge in [0.15, 0.2) is 4.77 Å². The van der Waals surface area contributed by atoms with Crippen molar-refractivity contribution in [3.05, 3.63) is 4.77 Å². The molecular formula is C10H18N4S. The van der Waals surface area contributed by atoms with Gasteiger partial charge in [-0.1, -0.05) is 6.92 Å². The molecule has 1 aliphatic rings. The number of aromatic nitrogens is 3. The number of hydrogen-bond acceptors (Lipinski definition) is 3. The lowest BCUT2D eigenvalue weighted by atomic mass is 10.2. The zero-order valence-corrected chi connectivity index (χ0v) is 10.3. The van der Waals surface area contributed by atoms with Crippen molar-refractivity contribution in [2.45, 2.75) is 45.2 Å². The summed E-state index contributed by atoms with van der Waals surface area (Å²) in [4.78, 5) is 2.40. The van der Waals surface area contributed by atoms with Gasteiger partial charge in [0.25, 0.3) is 0 Å². The zero-order chi connectivity index (χ0) is 11.0. The average Bonchev–Trinajstić information content (AvgIpc) is 2.73. The van der Waals surface area contributed by atoms with E-state index in [0.717, 1.165) is 5.95 Å². The summed E-state index contributed by atoms with van der Waals surface area (Å²) < 4.78 is 2.65. The van der Waals surface area contributed by atoms with Gasteiger partial charge in [0.2, 0.25) is 5.95 Å². The first-order valence-corrected chi connectivity index (χ1v) is 5.95. The number of hydrogen-bond donors (Lipinski definition) is 1. The molecule has 2 atom stereocenters. The van der Waals surface area contributed by atoms with Crippen molar-refractivity contribution in [1.29, 1.82) is 0 Å². The van der Waals surface area contributed by atoms with Crippen molar-refractivity contribution in [3.63, 3.8) is 0 Å². The first-order valence-electron chi connectivity index (χ1n) is 5.54. The van der Waals surface area contributed by atoms with Crippen molar-refractivity contribution >= 4 is 18.2 Å². The molecule has 84 valence electrons. The topological polar surface area (TPSA) is 36.9 Å². The van der Waals surface area contributed by atoms with E-state index in [2.05, 4.69) is 28.9 Å². The molecule has 0 amide bonds. The summed E-state index contributed by atoms with van der Waals surface area (Å²) >= 11 is 5.14. The zero-order valence-electron chi connectivity index (χ0n) is 9.53. The summed E-state index contributed by atoms with van der Waals surface area (Å²) in [6.45, 7) is 4.49. The molecule has 0 radical (unpaired) electrons. The van der Waals surface area contributed by atoms with Gasteiger partial charge in [-0.2, -0.15) is 0 Å². The minimum Gasteiger partial charge on any atom is -0.335 e. The first kappa shape index (κ1) is 10.7. The van der Waals surface area contributed by atoms with Crippen LogP contribution < -0.4 is 4.90 Å². The van der Waals surface area contributed by atoms with Crippen LogP contribution in [0, 0.1) is 4.77 Å². The molecule has 5 heteroatoms. The molecule has 4 nitrogen and oxygen atoms in total. The molecule has 0 bridgehead atoms. The summed E-state index contributed by atoms with van der Waals surface area (Å²) in [6, 6.07) is 1.18. The van der Waals surface area contributed by atoms with Gasteiger partial charge in [-0.15, -0.1) is 5.10 Å². The number of aromatic amines is 1. The number of rotatable bonds is 2. The summed E-state index contributed by atoms with van der Waals surface area (Å²) in [6.07, 6.45) is 3.68. The van der Waals surface area contributed by atoms with E-state index in [0.29, 0.717) is 16.9 Å². The van der Waals surface area contributed by atoms with Crippen molar-refractivity contribution < 1.29 is 0 Å². The standard InChI is InChI=1S/C10H18N4S/c1-4-8-6-5-7(2)14(8)9-11-12-10(15)13(9)3/h7-8H,4-6H2,1-3H3,(H,12,15). The predicted molar refractivity (Wildman–Crippen MR) is 63.6 cm³/mol. The smallest absolute Gasteiger partial charge is 0.225 e. The second kappa shape index (κ2) is 3.96. The summed E-state index contributed by atoms with van der Waals surface area (Å²) in [5.74, 6) is 0.983. The average molecular weight is 226 g/mol. The van der Waals surface area contributed by atoms with Gasteiger partial charge >= 0.3 is 0 Å². The molecule has 1 aliphatic heterocycles. The summed E-state index contributed by atoms with van der Waals surface area (Å²) in [5, 5.41) is 7.17. The Morgan fingerprint density at radius 1 is 1.53 bits per heavy atom. The van der Waals surface area contributed by atoms with E-state index in [9.17, 15) is 0 Å². The minimum atomic E-state index is 0.568. The first-order chi connectivity index (χ1) is 7.15. The lowest BCUT2D eigenvalue weighted by molar-refractivity contribution is 0.601. The van der Waals surface area contributed by atoms with Gasteiger partial charge in [-0.25, -0.2) is 5.10 Å². The Kier molecular flexibility index (Phi) is 2.82. The molecule has 1 saturated heterocycles. The van der Waals surface area contributed by atoms with Crippen molar-refractivity contribution in [1.82, 2.24) is 14.8 Å². The van der Waals surface area contributed by atoms with Gasteiger partial charge in [0.1, 0.15) is 0 Å². The third-order valence-electron chi connectivity index (χ3n) is 3.34. The molecule has 0 spiro atoms. The Morgan fingerprint density at radius 3 is 2.80 bits per heavy atom. The largest absolute Gasteiger partial charge is 0.335 e. The Balaban J connectivity index is 2.36. The van der Waals surface area contributed by atoms with E-state index in [4.69, 9.17) is 12.2 Å². The van der Waals surface area contributed by atoms with Gasteiger partial charge in [-0.3, -0.25) is 4.57 Å². The molecule has 1 N–H and O–H groups in total. The van der Waals surface area contributed by atoms with E-state index in [1.54, 1.807) is 0 Å². The van der Waals surface area contributed by atoms with E-state index >= 15 is 0 Å². The van der Waals surface area contributed by atoms with E-state index in [-0.39, 0.29) is 0 Å². The minimum absolute atomic E-state index is 0.568. The maximum Gasteiger partial charge on any atom is 0.225 e. The Hall–Kier alpha value is -0.840. The van der Waals surface area contributed by atoms with Gasteiger partial charge in [0.05, 0.1) is 0 Å². The van der Waals surface area contributed by atoms with Gasteiger partial charge in [0, 0.05) is 19.1 Å². The SMILES string of the molecule is CCC1CCC(C)N1c1n[nH]c(=S)n1C. The molecular weight excluding hydrogens is 208 g/mol. The van der Waals surface area contributed by atoms with Crippen LogP contribution in [0.25, 0.3) is 0 Å². The van der Waals surface area contributed by atoms with Crippen LogP contribution in [0.15, 0.2) is 0 Å². The fraction of sp³-hybridized carbons (Fsp3) is 0.800. The highest BCUT2D eigenvalue weighted by Gasteiger charge is 2.31. The third-order valence-corrected chi connectivity index (χ3v) is 3.71. The number of H-pyrrole nitrogens is 1. The van der Waals surface area contributed by atoms with Crippen LogP contribution in [-0.4, -0.2) is 26.8 Å². The van der Waals surface area contributed by atoms with E-state index < -0.39 is 0 Å². The number of anilines is 1. The quantitative estimate of drug-likeness (QED) is 0.786. The highest BCUT2D eigenvalue weighted by Crippen LogP contribution is 2.30. The molecule has 2 heterocycles. The van der Waals surface area contributed by atoms with Crippen molar-refractivity contribution in [2.24, 2.45) is 7.05 Å². The van der Waals surface area contributed by atoms with Gasteiger partial charge < -0.3 is 4.90 Å². The van der Waals surface area contributed by atoms with E-state index in [1.165, 1.54) is 19.3 Å². The Morgan fingerprint density at radius 2 is 2.27 bits per heavy atom. The number of nitrogens with one attached hydrogen (secondary N) is 1. The van der Waals surface area contributed by atoms with Crippen LogP contribution in [0.4, 0.5) is 5.95 Å². The molecule has 0 saturated carbocycles. The van der Waals surface area contributed by atoms with Crippen molar-refractivity contribution in [3.8, 4) is 0 Å². The van der Waals surface area contributed by atoms with E-state index in [1.807, 2.05) is 11.6 Å². The Bertz CT molecular complexity index is 394. The van der Waals surface area contributed by atoms with Gasteiger partial charge in [-0.05, 0) is 38.4 Å². The van der Waals surface area contributed by atoms with Crippen LogP contribution in [0.1, 0.15) is 33.1 Å². The lowest BCUT2D eigenvalue weighted by Gasteiger charge is -2.28. The van der Waals surface area contributed by atoms with Crippen LogP contribution in [0.2, 0.25) is 0 Å². The third kappa shape index (κ3) is 1.69. The maximum absolute atomic E-state index is 5.14. The van der Waals surface area contributed by atoms with Crippen LogP contribution in [0.3, 0.4) is 0 Å². The number of nitrogens with zero attached hydrogens (tertiary/aromatic N) is 3. The highest BCUT2D eigenvalue weighted by atomic mass is 32.1. The summed E-state index contributed by atoms with van der Waals surface area (Å²) in [5.41, 5.74) is 0. The molecule has 1 fully saturated rings. The molecule has 2 unspecified atom stereocenters. The predicted octanol–water partition coefficient (Wildman–Crippen LogP) is 2.24. The molecule has 0 aliphatic carbocycles. The molecule has 0 aromatic carbocycles.